The van der Waals surface area contributed by atoms with E-state index in [9.17, 15) is 0 Å². The first-order chi connectivity index (χ1) is 8.04. The molecule has 0 bridgehead atoms. The summed E-state index contributed by atoms with van der Waals surface area (Å²) >= 11 is 12.9. The normalized spacial score (nSPS) is 10.6. The lowest BCUT2D eigenvalue weighted by Gasteiger charge is -2.11. The summed E-state index contributed by atoms with van der Waals surface area (Å²) in [6.45, 7) is 1.83. The van der Waals surface area contributed by atoms with Gasteiger partial charge in [0.15, 0.2) is 0 Å². The van der Waals surface area contributed by atoms with Crippen LogP contribution in [0.15, 0.2) is 21.1 Å². The smallest absolute Gasteiger partial charge is 0.229 e. The second-order valence-corrected chi connectivity index (χ2v) is 5.34. The van der Waals surface area contributed by atoms with Crippen LogP contribution >= 0.6 is 43.5 Å². The Bertz CT molecular complexity index is 551. The second kappa shape index (κ2) is 4.96. The molecule has 7 heteroatoms. The van der Waals surface area contributed by atoms with Gasteiger partial charge < -0.3 is 4.74 Å². The third-order valence-electron chi connectivity index (χ3n) is 2.25. The molecular formula is C10H8Br2ClN3O. The molecule has 0 aliphatic carbocycles. The number of hydrogen-bond donors (Lipinski definition) is 0. The van der Waals surface area contributed by atoms with Gasteiger partial charge in [-0.2, -0.15) is 0 Å². The highest BCUT2D eigenvalue weighted by Crippen LogP contribution is 2.34. The van der Waals surface area contributed by atoms with Gasteiger partial charge in [0.05, 0.1) is 17.3 Å². The van der Waals surface area contributed by atoms with Gasteiger partial charge in [0.1, 0.15) is 11.6 Å². The zero-order chi connectivity index (χ0) is 12.6. The van der Waals surface area contributed by atoms with Crippen LogP contribution in [-0.4, -0.2) is 21.9 Å². The predicted molar refractivity (Wildman–Crippen MR) is 73.1 cm³/mol. The molecule has 0 unspecified atom stereocenters. The van der Waals surface area contributed by atoms with Crippen molar-refractivity contribution in [3.8, 4) is 11.4 Å². The van der Waals surface area contributed by atoms with E-state index in [-0.39, 0.29) is 0 Å². The first-order valence-electron chi connectivity index (χ1n) is 4.65. The molecule has 1 aromatic heterocycles. The van der Waals surface area contributed by atoms with Gasteiger partial charge in [-0.15, -0.1) is 10.2 Å². The van der Waals surface area contributed by atoms with E-state index in [2.05, 4.69) is 42.1 Å². The zero-order valence-corrected chi connectivity index (χ0v) is 13.0. The molecule has 90 valence electrons. The fourth-order valence-electron chi connectivity index (χ4n) is 1.46. The summed E-state index contributed by atoms with van der Waals surface area (Å²) < 4.78 is 8.72. The fourth-order valence-corrected chi connectivity index (χ4v) is 3.04. The van der Waals surface area contributed by atoms with Crippen molar-refractivity contribution < 1.29 is 4.74 Å². The van der Waals surface area contributed by atoms with Crippen LogP contribution in [0.3, 0.4) is 0 Å². The van der Waals surface area contributed by atoms with E-state index in [0.717, 1.165) is 14.6 Å². The second-order valence-electron chi connectivity index (χ2n) is 3.29. The molecule has 0 atom stereocenters. The average Bonchev–Trinajstić information content (AvgIpc) is 2.60. The highest BCUT2D eigenvalue weighted by molar-refractivity contribution is 9.11. The maximum Gasteiger partial charge on any atom is 0.229 e. The van der Waals surface area contributed by atoms with Gasteiger partial charge in [0, 0.05) is 10.5 Å². The standard InChI is InChI=1S/C10H8Br2ClN3O/c1-5-14-15-10(13)16(5)8-4-9(17-2)7(12)3-6(8)11/h3-4H,1-2H3. The molecule has 0 aliphatic rings. The van der Waals surface area contributed by atoms with Crippen LogP contribution in [0.2, 0.25) is 5.28 Å². The predicted octanol–water partition coefficient (Wildman–Crippen LogP) is 3.76. The van der Waals surface area contributed by atoms with Crippen LogP contribution in [0.1, 0.15) is 5.82 Å². The average molecular weight is 381 g/mol. The van der Waals surface area contributed by atoms with E-state index >= 15 is 0 Å². The lowest BCUT2D eigenvalue weighted by Crippen LogP contribution is -1.99. The minimum absolute atomic E-state index is 0.313. The third-order valence-corrected chi connectivity index (χ3v) is 3.75. The summed E-state index contributed by atoms with van der Waals surface area (Å²) in [5, 5.41) is 8.05. The Morgan fingerprint density at radius 2 is 1.94 bits per heavy atom. The van der Waals surface area contributed by atoms with Gasteiger partial charge in [-0.05, 0) is 56.5 Å². The largest absolute Gasteiger partial charge is 0.495 e. The maximum atomic E-state index is 6.00. The Morgan fingerprint density at radius 1 is 1.24 bits per heavy atom. The number of methoxy groups -OCH3 is 1. The molecule has 0 radical (unpaired) electrons. The summed E-state index contributed by atoms with van der Waals surface area (Å²) in [5.41, 5.74) is 0.831. The lowest BCUT2D eigenvalue weighted by molar-refractivity contribution is 0.412. The molecule has 0 fully saturated rings. The molecule has 0 saturated carbocycles. The van der Waals surface area contributed by atoms with Crippen LogP contribution in [0.5, 0.6) is 5.75 Å². The van der Waals surface area contributed by atoms with Gasteiger partial charge in [-0.1, -0.05) is 0 Å². The van der Waals surface area contributed by atoms with Gasteiger partial charge >= 0.3 is 0 Å². The van der Waals surface area contributed by atoms with Crippen molar-refractivity contribution in [1.82, 2.24) is 14.8 Å². The first-order valence-corrected chi connectivity index (χ1v) is 6.62. The highest BCUT2D eigenvalue weighted by Gasteiger charge is 2.14. The number of rotatable bonds is 2. The Morgan fingerprint density at radius 3 is 2.47 bits per heavy atom. The van der Waals surface area contributed by atoms with Gasteiger partial charge in [0.2, 0.25) is 5.28 Å². The quantitative estimate of drug-likeness (QED) is 0.795. The van der Waals surface area contributed by atoms with Gasteiger partial charge in [-0.25, -0.2) is 0 Å². The van der Waals surface area contributed by atoms with Crippen molar-refractivity contribution in [3.63, 3.8) is 0 Å². The molecule has 1 aromatic carbocycles. The molecule has 0 aliphatic heterocycles. The number of aromatic nitrogens is 3. The van der Waals surface area contributed by atoms with Crippen molar-refractivity contribution >= 4 is 43.5 Å². The number of nitrogens with zero attached hydrogens (tertiary/aromatic N) is 3. The molecule has 0 N–H and O–H groups in total. The van der Waals surface area contributed by atoms with Crippen LogP contribution in [-0.2, 0) is 0 Å². The van der Waals surface area contributed by atoms with E-state index in [1.807, 2.05) is 19.1 Å². The monoisotopic (exact) mass is 379 g/mol. The number of halogens is 3. The van der Waals surface area contributed by atoms with Crippen LogP contribution in [0.25, 0.3) is 5.69 Å². The van der Waals surface area contributed by atoms with Crippen molar-refractivity contribution in [2.24, 2.45) is 0 Å². The molecule has 2 rings (SSSR count). The van der Waals surface area contributed by atoms with E-state index in [4.69, 9.17) is 16.3 Å². The van der Waals surface area contributed by atoms with Crippen LogP contribution in [0.4, 0.5) is 0 Å². The fraction of sp³-hybridized carbons (Fsp3) is 0.200. The minimum atomic E-state index is 0.313. The maximum absolute atomic E-state index is 6.00. The van der Waals surface area contributed by atoms with Crippen molar-refractivity contribution in [3.05, 3.63) is 32.2 Å². The van der Waals surface area contributed by atoms with E-state index in [0.29, 0.717) is 16.9 Å². The van der Waals surface area contributed by atoms with Crippen LogP contribution in [0, 0.1) is 6.92 Å². The zero-order valence-electron chi connectivity index (χ0n) is 9.04. The first kappa shape index (κ1) is 12.9. The highest BCUT2D eigenvalue weighted by atomic mass is 79.9. The van der Waals surface area contributed by atoms with Gasteiger partial charge in [-0.3, -0.25) is 4.57 Å². The van der Waals surface area contributed by atoms with Crippen molar-refractivity contribution in [2.45, 2.75) is 6.92 Å². The molecule has 0 saturated heterocycles. The summed E-state index contributed by atoms with van der Waals surface area (Å²) in [6, 6.07) is 3.75. The molecule has 1 heterocycles. The van der Waals surface area contributed by atoms with E-state index in [1.165, 1.54) is 0 Å². The summed E-state index contributed by atoms with van der Waals surface area (Å²) in [5.74, 6) is 1.42. The Hall–Kier alpha value is -0.590. The lowest BCUT2D eigenvalue weighted by atomic mass is 10.3. The molecular weight excluding hydrogens is 373 g/mol. The third kappa shape index (κ3) is 2.34. The Kier molecular flexibility index (Phi) is 3.75. The Labute approximate surface area is 120 Å². The van der Waals surface area contributed by atoms with E-state index < -0.39 is 0 Å². The number of hydrogen-bond acceptors (Lipinski definition) is 3. The molecule has 17 heavy (non-hydrogen) atoms. The Balaban J connectivity index is 2.67. The molecule has 0 spiro atoms. The minimum Gasteiger partial charge on any atom is -0.495 e. The van der Waals surface area contributed by atoms with Crippen LogP contribution < -0.4 is 4.74 Å². The number of ether oxygens (including phenoxy) is 1. The molecule has 0 amide bonds. The summed E-state index contributed by atoms with van der Waals surface area (Å²) in [6.07, 6.45) is 0. The summed E-state index contributed by atoms with van der Waals surface area (Å²) in [7, 11) is 1.61. The van der Waals surface area contributed by atoms with Crippen molar-refractivity contribution in [2.75, 3.05) is 7.11 Å². The van der Waals surface area contributed by atoms with Gasteiger partial charge in [0.25, 0.3) is 0 Å². The topological polar surface area (TPSA) is 39.9 Å². The number of aryl methyl sites for hydroxylation is 1. The van der Waals surface area contributed by atoms with E-state index in [1.54, 1.807) is 11.7 Å². The summed E-state index contributed by atoms with van der Waals surface area (Å²) in [4.78, 5) is 0. The molecule has 4 nitrogen and oxygen atoms in total. The molecule has 2 aromatic rings. The van der Waals surface area contributed by atoms with Crippen molar-refractivity contribution in [1.29, 1.82) is 0 Å². The SMILES string of the molecule is COc1cc(-n2c(C)nnc2Cl)c(Br)cc1Br. The number of benzene rings is 1.